The maximum atomic E-state index is 12.5. The van der Waals surface area contributed by atoms with Crippen molar-refractivity contribution in [2.75, 3.05) is 33.9 Å². The molecule has 0 saturated heterocycles. The van der Waals surface area contributed by atoms with Crippen molar-refractivity contribution in [3.8, 4) is 28.4 Å². The van der Waals surface area contributed by atoms with E-state index in [-0.39, 0.29) is 5.63 Å². The second kappa shape index (κ2) is 10.9. The van der Waals surface area contributed by atoms with E-state index in [0.717, 1.165) is 61.3 Å². The molecule has 0 bridgehead atoms. The number of fused-ring (bicyclic) bond motifs is 2. The summed E-state index contributed by atoms with van der Waals surface area (Å²) in [7, 11) is 3.35. The highest BCUT2D eigenvalue weighted by molar-refractivity contribution is 5.82. The van der Waals surface area contributed by atoms with Crippen LogP contribution >= 0.6 is 0 Å². The van der Waals surface area contributed by atoms with Crippen molar-refractivity contribution in [1.82, 2.24) is 4.90 Å². The Morgan fingerprint density at radius 2 is 1.67 bits per heavy atom. The second-order valence-electron chi connectivity index (χ2n) is 9.07. The van der Waals surface area contributed by atoms with Crippen LogP contribution in [0.2, 0.25) is 0 Å². The number of benzene rings is 3. The zero-order valence-corrected chi connectivity index (χ0v) is 20.8. The first-order valence-electron chi connectivity index (χ1n) is 12.4. The van der Waals surface area contributed by atoms with Crippen LogP contribution < -0.4 is 19.8 Å². The van der Waals surface area contributed by atoms with Gasteiger partial charge in [0.1, 0.15) is 11.3 Å². The number of methoxy groups -OCH3 is 2. The van der Waals surface area contributed by atoms with Crippen molar-refractivity contribution in [3.63, 3.8) is 0 Å². The van der Waals surface area contributed by atoms with Gasteiger partial charge >= 0.3 is 5.63 Å². The molecular formula is C30H31NO5. The summed E-state index contributed by atoms with van der Waals surface area (Å²) in [6.07, 6.45) is 3.01. The number of ether oxygens (including phenoxy) is 3. The maximum absolute atomic E-state index is 12.5. The van der Waals surface area contributed by atoms with Gasteiger partial charge in [0.2, 0.25) is 0 Å². The molecule has 0 radical (unpaired) electrons. The van der Waals surface area contributed by atoms with Crippen LogP contribution in [0.5, 0.6) is 17.2 Å². The van der Waals surface area contributed by atoms with Gasteiger partial charge in [0.15, 0.2) is 11.5 Å². The molecule has 1 aliphatic rings. The molecule has 6 heteroatoms. The predicted molar refractivity (Wildman–Crippen MR) is 141 cm³/mol. The fourth-order valence-corrected chi connectivity index (χ4v) is 4.76. The molecule has 0 fully saturated rings. The lowest BCUT2D eigenvalue weighted by molar-refractivity contribution is 0.234. The molecule has 0 unspecified atom stereocenters. The van der Waals surface area contributed by atoms with Crippen LogP contribution in [-0.4, -0.2) is 38.8 Å². The third kappa shape index (κ3) is 5.24. The van der Waals surface area contributed by atoms with Crippen molar-refractivity contribution in [1.29, 1.82) is 0 Å². The molecule has 0 atom stereocenters. The zero-order chi connectivity index (χ0) is 24.9. The fraction of sp³-hybridized carbons (Fsp3) is 0.300. The summed E-state index contributed by atoms with van der Waals surface area (Å²) >= 11 is 0. The highest BCUT2D eigenvalue weighted by Gasteiger charge is 2.19. The second-order valence-corrected chi connectivity index (χ2v) is 9.07. The monoisotopic (exact) mass is 485 g/mol. The number of nitrogens with zero attached hydrogens (tertiary/aromatic N) is 1. The van der Waals surface area contributed by atoms with Gasteiger partial charge in [0.25, 0.3) is 0 Å². The summed E-state index contributed by atoms with van der Waals surface area (Å²) in [5.74, 6) is 2.30. The summed E-state index contributed by atoms with van der Waals surface area (Å²) < 4.78 is 22.5. The fourth-order valence-electron chi connectivity index (χ4n) is 4.76. The van der Waals surface area contributed by atoms with Gasteiger partial charge in [-0.25, -0.2) is 4.79 Å². The van der Waals surface area contributed by atoms with Crippen LogP contribution in [0, 0.1) is 0 Å². The van der Waals surface area contributed by atoms with Crippen LogP contribution in [0.25, 0.3) is 22.1 Å². The minimum absolute atomic E-state index is 0.343. The summed E-state index contributed by atoms with van der Waals surface area (Å²) in [5.41, 5.74) is 4.26. The van der Waals surface area contributed by atoms with E-state index in [0.29, 0.717) is 23.5 Å². The standard InChI is InChI=1S/C30H31NO5/c1-33-28-17-22-12-14-31(20-24(22)18-29(28)34-2)13-6-7-15-35-25-11-10-23-16-26(21-8-4-3-5-9-21)30(32)36-27(23)19-25/h3-5,8-11,16-19H,6-7,12-15,20H2,1-2H3. The largest absolute Gasteiger partial charge is 0.493 e. The minimum atomic E-state index is -0.343. The van der Waals surface area contributed by atoms with Crippen LogP contribution in [0.15, 0.2) is 75.9 Å². The van der Waals surface area contributed by atoms with Crippen molar-refractivity contribution in [2.24, 2.45) is 0 Å². The molecular weight excluding hydrogens is 454 g/mol. The van der Waals surface area contributed by atoms with Gasteiger partial charge < -0.3 is 18.6 Å². The van der Waals surface area contributed by atoms with E-state index in [1.54, 1.807) is 20.3 Å². The molecule has 5 rings (SSSR count). The van der Waals surface area contributed by atoms with E-state index in [1.807, 2.05) is 48.5 Å². The molecule has 1 aliphatic heterocycles. The average molecular weight is 486 g/mol. The first kappa shape index (κ1) is 23.9. The Bertz CT molecular complexity index is 1400. The zero-order valence-electron chi connectivity index (χ0n) is 20.8. The molecule has 3 aromatic carbocycles. The van der Waals surface area contributed by atoms with Crippen LogP contribution in [-0.2, 0) is 13.0 Å². The molecule has 186 valence electrons. The highest BCUT2D eigenvalue weighted by Crippen LogP contribution is 2.33. The van der Waals surface area contributed by atoms with E-state index in [1.165, 1.54) is 11.1 Å². The number of unbranched alkanes of at least 4 members (excludes halogenated alkanes) is 1. The third-order valence-corrected chi connectivity index (χ3v) is 6.73. The molecule has 0 aliphatic carbocycles. The quantitative estimate of drug-likeness (QED) is 0.224. The van der Waals surface area contributed by atoms with Crippen LogP contribution in [0.3, 0.4) is 0 Å². The first-order valence-corrected chi connectivity index (χ1v) is 12.4. The van der Waals surface area contributed by atoms with E-state index in [4.69, 9.17) is 18.6 Å². The molecule has 0 amide bonds. The van der Waals surface area contributed by atoms with Crippen LogP contribution in [0.1, 0.15) is 24.0 Å². The third-order valence-electron chi connectivity index (χ3n) is 6.73. The van der Waals surface area contributed by atoms with Crippen molar-refractivity contribution >= 4 is 11.0 Å². The van der Waals surface area contributed by atoms with E-state index < -0.39 is 0 Å². The van der Waals surface area contributed by atoms with Gasteiger partial charge in [0, 0.05) is 24.5 Å². The molecule has 6 nitrogen and oxygen atoms in total. The number of hydrogen-bond acceptors (Lipinski definition) is 6. The Balaban J connectivity index is 1.13. The Morgan fingerprint density at radius 1 is 0.889 bits per heavy atom. The van der Waals surface area contributed by atoms with E-state index >= 15 is 0 Å². The number of hydrogen-bond donors (Lipinski definition) is 0. The van der Waals surface area contributed by atoms with Gasteiger partial charge in [0.05, 0.1) is 26.4 Å². The van der Waals surface area contributed by atoms with Gasteiger partial charge in [-0.15, -0.1) is 0 Å². The molecule has 0 N–H and O–H groups in total. The SMILES string of the molecule is COc1cc2c(cc1OC)CN(CCCCOc1ccc3cc(-c4ccccc4)c(=O)oc3c1)CC2. The molecule has 1 aromatic heterocycles. The van der Waals surface area contributed by atoms with Gasteiger partial charge in [-0.3, -0.25) is 4.90 Å². The maximum Gasteiger partial charge on any atom is 0.344 e. The van der Waals surface area contributed by atoms with E-state index in [2.05, 4.69) is 17.0 Å². The molecule has 0 spiro atoms. The van der Waals surface area contributed by atoms with Crippen molar-refractivity contribution < 1.29 is 18.6 Å². The minimum Gasteiger partial charge on any atom is -0.493 e. The Kier molecular flexibility index (Phi) is 7.23. The van der Waals surface area contributed by atoms with E-state index in [9.17, 15) is 4.79 Å². The summed E-state index contributed by atoms with van der Waals surface area (Å²) in [6, 6.07) is 21.3. The topological polar surface area (TPSA) is 61.1 Å². The lowest BCUT2D eigenvalue weighted by Gasteiger charge is -2.29. The molecule has 0 saturated carbocycles. The first-order chi connectivity index (χ1) is 17.6. The lowest BCUT2D eigenvalue weighted by Crippen LogP contribution is -2.31. The Hall–Kier alpha value is -3.77. The Morgan fingerprint density at radius 3 is 2.44 bits per heavy atom. The Labute approximate surface area is 211 Å². The normalized spacial score (nSPS) is 13.4. The van der Waals surface area contributed by atoms with Gasteiger partial charge in [-0.2, -0.15) is 0 Å². The number of rotatable bonds is 9. The van der Waals surface area contributed by atoms with Crippen molar-refractivity contribution in [2.45, 2.75) is 25.8 Å². The van der Waals surface area contributed by atoms with Gasteiger partial charge in [-0.05, 0) is 72.8 Å². The lowest BCUT2D eigenvalue weighted by atomic mass is 9.98. The van der Waals surface area contributed by atoms with Crippen molar-refractivity contribution in [3.05, 3.63) is 88.3 Å². The molecule has 4 aromatic rings. The summed E-state index contributed by atoms with van der Waals surface area (Å²) in [5, 5.41) is 0.875. The smallest absolute Gasteiger partial charge is 0.344 e. The van der Waals surface area contributed by atoms with Crippen LogP contribution in [0.4, 0.5) is 0 Å². The molecule has 2 heterocycles. The predicted octanol–water partition coefficient (Wildman–Crippen LogP) is 5.69. The summed E-state index contributed by atoms with van der Waals surface area (Å²) in [6.45, 7) is 3.60. The molecule has 36 heavy (non-hydrogen) atoms. The summed E-state index contributed by atoms with van der Waals surface area (Å²) in [4.78, 5) is 15.0. The average Bonchev–Trinajstić information content (AvgIpc) is 2.92. The van der Waals surface area contributed by atoms with Gasteiger partial charge in [-0.1, -0.05) is 30.3 Å². The highest BCUT2D eigenvalue weighted by atomic mass is 16.5.